The lowest BCUT2D eigenvalue weighted by Gasteiger charge is -2.07. The number of aromatic nitrogens is 3. The number of nitrogens with zero attached hydrogens (tertiary/aromatic N) is 3. The predicted molar refractivity (Wildman–Crippen MR) is 154 cm³/mol. The number of furan rings is 1. The Morgan fingerprint density at radius 1 is 0.500 bits per heavy atom. The molecule has 0 radical (unpaired) electrons. The monoisotopic (exact) mass is 487 g/mol. The molecule has 0 fully saturated rings. The molecular formula is C34H21N3O. The average Bonchev–Trinajstić information content (AvgIpc) is 3.59. The molecule has 0 aliphatic carbocycles. The van der Waals surface area contributed by atoms with Crippen molar-refractivity contribution in [2.75, 3.05) is 0 Å². The zero-order valence-electron chi connectivity index (χ0n) is 20.4. The average molecular weight is 488 g/mol. The number of para-hydroxylation sites is 2. The Kier molecular flexibility index (Phi) is 4.49. The minimum absolute atomic E-state index is 0.839. The first-order valence-electron chi connectivity index (χ1n) is 12.7. The SMILES string of the molecule is c1ccc2c(c1)ccn1c(-c3ccc(-c4ccc(-c5cccc6c5oc5ccccc56)cc4)cc3)nnc21. The summed E-state index contributed by atoms with van der Waals surface area (Å²) in [5.41, 5.74) is 8.31. The van der Waals surface area contributed by atoms with E-state index in [1.165, 1.54) is 0 Å². The van der Waals surface area contributed by atoms with Gasteiger partial charge in [-0.1, -0.05) is 109 Å². The summed E-state index contributed by atoms with van der Waals surface area (Å²) in [4.78, 5) is 0. The van der Waals surface area contributed by atoms with Crippen LogP contribution < -0.4 is 0 Å². The molecule has 5 aromatic carbocycles. The summed E-state index contributed by atoms with van der Waals surface area (Å²) in [5.74, 6) is 0.839. The molecule has 178 valence electrons. The molecule has 4 heteroatoms. The van der Waals surface area contributed by atoms with Crippen molar-refractivity contribution in [3.63, 3.8) is 0 Å². The highest BCUT2D eigenvalue weighted by molar-refractivity contribution is 6.09. The van der Waals surface area contributed by atoms with Crippen LogP contribution in [0.4, 0.5) is 0 Å². The van der Waals surface area contributed by atoms with E-state index in [-0.39, 0.29) is 0 Å². The van der Waals surface area contributed by atoms with Crippen molar-refractivity contribution in [1.29, 1.82) is 0 Å². The quantitative estimate of drug-likeness (QED) is 0.250. The molecule has 0 aliphatic heterocycles. The molecule has 0 saturated carbocycles. The maximum absolute atomic E-state index is 6.24. The molecule has 3 heterocycles. The van der Waals surface area contributed by atoms with E-state index in [0.29, 0.717) is 0 Å². The van der Waals surface area contributed by atoms with Crippen LogP contribution in [0.15, 0.2) is 132 Å². The third kappa shape index (κ3) is 3.17. The molecule has 8 aromatic rings. The van der Waals surface area contributed by atoms with Gasteiger partial charge >= 0.3 is 0 Å². The summed E-state index contributed by atoms with van der Waals surface area (Å²) in [6.07, 6.45) is 2.04. The molecule has 0 bridgehead atoms. The topological polar surface area (TPSA) is 43.3 Å². The second-order valence-electron chi connectivity index (χ2n) is 9.56. The van der Waals surface area contributed by atoms with E-state index >= 15 is 0 Å². The van der Waals surface area contributed by atoms with Gasteiger partial charge in [-0.05, 0) is 34.2 Å². The molecule has 8 rings (SSSR count). The minimum Gasteiger partial charge on any atom is -0.455 e. The Balaban J connectivity index is 1.13. The molecule has 0 aliphatic rings. The maximum Gasteiger partial charge on any atom is 0.168 e. The van der Waals surface area contributed by atoms with Crippen LogP contribution in [0, 0.1) is 0 Å². The summed E-state index contributed by atoms with van der Waals surface area (Å²) in [7, 11) is 0. The molecule has 3 aromatic heterocycles. The molecule has 0 saturated heterocycles. The van der Waals surface area contributed by atoms with Crippen molar-refractivity contribution < 1.29 is 4.42 Å². The predicted octanol–water partition coefficient (Wildman–Crippen LogP) is 8.78. The largest absolute Gasteiger partial charge is 0.455 e. The van der Waals surface area contributed by atoms with Gasteiger partial charge in [0.25, 0.3) is 0 Å². The van der Waals surface area contributed by atoms with Crippen LogP contribution in [-0.4, -0.2) is 14.6 Å². The lowest BCUT2D eigenvalue weighted by molar-refractivity contribution is 0.670. The maximum atomic E-state index is 6.24. The van der Waals surface area contributed by atoms with Gasteiger partial charge in [0.1, 0.15) is 11.2 Å². The fraction of sp³-hybridized carbons (Fsp3) is 0. The third-order valence-corrected chi connectivity index (χ3v) is 7.38. The third-order valence-electron chi connectivity index (χ3n) is 7.38. The highest BCUT2D eigenvalue weighted by atomic mass is 16.3. The lowest BCUT2D eigenvalue weighted by atomic mass is 9.98. The first kappa shape index (κ1) is 20.9. The summed E-state index contributed by atoms with van der Waals surface area (Å²) in [5, 5.41) is 13.5. The second kappa shape index (κ2) is 8.15. The van der Waals surface area contributed by atoms with Crippen LogP contribution in [0.2, 0.25) is 0 Å². The highest BCUT2D eigenvalue weighted by Gasteiger charge is 2.13. The Morgan fingerprint density at radius 2 is 1.16 bits per heavy atom. The first-order valence-corrected chi connectivity index (χ1v) is 12.7. The highest BCUT2D eigenvalue weighted by Crippen LogP contribution is 2.36. The molecule has 0 N–H and O–H groups in total. The van der Waals surface area contributed by atoms with Crippen LogP contribution in [0.5, 0.6) is 0 Å². The van der Waals surface area contributed by atoms with Gasteiger partial charge in [-0.25, -0.2) is 0 Å². The van der Waals surface area contributed by atoms with Gasteiger partial charge in [0.2, 0.25) is 0 Å². The summed E-state index contributed by atoms with van der Waals surface area (Å²) in [6.45, 7) is 0. The van der Waals surface area contributed by atoms with E-state index in [4.69, 9.17) is 4.42 Å². The number of rotatable bonds is 3. The van der Waals surface area contributed by atoms with Gasteiger partial charge in [-0.2, -0.15) is 0 Å². The lowest BCUT2D eigenvalue weighted by Crippen LogP contribution is -1.90. The van der Waals surface area contributed by atoms with Gasteiger partial charge in [0.05, 0.1) is 0 Å². The van der Waals surface area contributed by atoms with Gasteiger partial charge in [0, 0.05) is 33.5 Å². The van der Waals surface area contributed by atoms with Gasteiger partial charge < -0.3 is 4.42 Å². The van der Waals surface area contributed by atoms with E-state index < -0.39 is 0 Å². The number of pyridine rings is 1. The van der Waals surface area contributed by atoms with Crippen LogP contribution in [0.25, 0.3) is 72.0 Å². The van der Waals surface area contributed by atoms with Crippen molar-refractivity contribution in [2.45, 2.75) is 0 Å². The first-order chi connectivity index (χ1) is 18.8. The molecule has 0 atom stereocenters. The minimum atomic E-state index is 0.839. The normalized spacial score (nSPS) is 11.7. The molecule has 0 unspecified atom stereocenters. The van der Waals surface area contributed by atoms with Crippen molar-refractivity contribution in [1.82, 2.24) is 14.6 Å². The van der Waals surface area contributed by atoms with Crippen LogP contribution in [-0.2, 0) is 0 Å². The zero-order chi connectivity index (χ0) is 25.1. The van der Waals surface area contributed by atoms with Crippen LogP contribution in [0.3, 0.4) is 0 Å². The van der Waals surface area contributed by atoms with Gasteiger partial charge in [0.15, 0.2) is 11.5 Å². The number of fused-ring (bicyclic) bond motifs is 6. The fourth-order valence-electron chi connectivity index (χ4n) is 5.44. The van der Waals surface area contributed by atoms with E-state index in [1.54, 1.807) is 0 Å². The standard InChI is InChI=1S/C34H21N3O/c1-2-7-28-24(6-1)20-21-37-33(35-36-34(28)37)26-18-14-23(15-19-26)22-12-16-25(17-13-22)27-9-5-10-30-29-8-3-4-11-31(29)38-32(27)30/h1-21H. The molecule has 38 heavy (non-hydrogen) atoms. The molecular weight excluding hydrogens is 466 g/mol. The Labute approximate surface area is 218 Å². The molecule has 0 amide bonds. The Hall–Kier alpha value is -5.22. The summed E-state index contributed by atoms with van der Waals surface area (Å²) in [6, 6.07) is 42.1. The van der Waals surface area contributed by atoms with E-state index in [0.717, 1.165) is 72.0 Å². The van der Waals surface area contributed by atoms with Crippen molar-refractivity contribution in [3.8, 4) is 33.6 Å². The van der Waals surface area contributed by atoms with E-state index in [1.807, 2.05) is 30.5 Å². The Bertz CT molecular complexity index is 2120. The van der Waals surface area contributed by atoms with Crippen molar-refractivity contribution in [2.24, 2.45) is 0 Å². The summed E-state index contributed by atoms with van der Waals surface area (Å²) < 4.78 is 8.30. The van der Waals surface area contributed by atoms with Gasteiger partial charge in [-0.3, -0.25) is 4.40 Å². The fourth-order valence-corrected chi connectivity index (χ4v) is 5.44. The Morgan fingerprint density at radius 3 is 1.97 bits per heavy atom. The van der Waals surface area contributed by atoms with E-state index in [2.05, 4.69) is 112 Å². The van der Waals surface area contributed by atoms with E-state index in [9.17, 15) is 0 Å². The molecule has 4 nitrogen and oxygen atoms in total. The van der Waals surface area contributed by atoms with Crippen LogP contribution in [0.1, 0.15) is 0 Å². The van der Waals surface area contributed by atoms with Gasteiger partial charge in [-0.15, -0.1) is 10.2 Å². The smallest absolute Gasteiger partial charge is 0.168 e. The number of benzene rings is 5. The van der Waals surface area contributed by atoms with Crippen molar-refractivity contribution >= 4 is 38.4 Å². The second-order valence-corrected chi connectivity index (χ2v) is 9.56. The van der Waals surface area contributed by atoms with Crippen molar-refractivity contribution in [3.05, 3.63) is 128 Å². The molecule has 0 spiro atoms. The summed E-state index contributed by atoms with van der Waals surface area (Å²) >= 11 is 0. The number of hydrogen-bond donors (Lipinski definition) is 0. The number of hydrogen-bond acceptors (Lipinski definition) is 3. The zero-order valence-corrected chi connectivity index (χ0v) is 20.4. The van der Waals surface area contributed by atoms with Crippen LogP contribution >= 0.6 is 0 Å².